The van der Waals surface area contributed by atoms with Crippen LogP contribution in [0.4, 0.5) is 0 Å². The Hall–Kier alpha value is -3.15. The molecule has 0 saturated heterocycles. The van der Waals surface area contributed by atoms with E-state index in [1.807, 2.05) is 36.4 Å². The highest BCUT2D eigenvalue weighted by Gasteiger charge is 2.09. The zero-order valence-electron chi connectivity index (χ0n) is 12.7. The molecular formula is C17H15N3O3. The van der Waals surface area contributed by atoms with E-state index < -0.39 is 5.91 Å². The molecule has 23 heavy (non-hydrogen) atoms. The molecule has 1 N–H and O–H groups in total. The van der Waals surface area contributed by atoms with Crippen LogP contribution in [0.2, 0.25) is 0 Å². The van der Waals surface area contributed by atoms with E-state index in [4.69, 9.17) is 9.26 Å². The minimum atomic E-state index is -0.420. The van der Waals surface area contributed by atoms with Gasteiger partial charge in [-0.2, -0.15) is 5.10 Å². The Morgan fingerprint density at radius 3 is 2.74 bits per heavy atom. The van der Waals surface area contributed by atoms with Crippen molar-refractivity contribution < 1.29 is 14.1 Å². The summed E-state index contributed by atoms with van der Waals surface area (Å²) in [6, 6.07) is 13.1. The highest BCUT2D eigenvalue weighted by Crippen LogP contribution is 2.27. The fraction of sp³-hybridized carbons (Fsp3) is 0.118. The molecule has 6 heteroatoms. The Morgan fingerprint density at radius 2 is 2.04 bits per heavy atom. The molecule has 0 bridgehead atoms. The average molecular weight is 309 g/mol. The quantitative estimate of drug-likeness (QED) is 0.594. The van der Waals surface area contributed by atoms with Crippen LogP contribution in [0.3, 0.4) is 0 Å². The largest absolute Gasteiger partial charge is 0.496 e. The minimum absolute atomic E-state index is 0.194. The van der Waals surface area contributed by atoms with Crippen LogP contribution in [0.15, 0.2) is 52.1 Å². The fourth-order valence-electron chi connectivity index (χ4n) is 2.28. The van der Waals surface area contributed by atoms with Gasteiger partial charge in [-0.1, -0.05) is 29.4 Å². The van der Waals surface area contributed by atoms with Gasteiger partial charge in [-0.05, 0) is 24.4 Å². The molecule has 1 aromatic heterocycles. The van der Waals surface area contributed by atoms with Crippen LogP contribution < -0.4 is 10.2 Å². The van der Waals surface area contributed by atoms with E-state index in [1.54, 1.807) is 26.3 Å². The molecule has 1 heterocycles. The molecule has 0 aliphatic rings. The average Bonchev–Trinajstić information content (AvgIpc) is 3.01. The number of ether oxygens (including phenoxy) is 1. The van der Waals surface area contributed by atoms with Crippen LogP contribution >= 0.6 is 0 Å². The number of hydrogen-bond acceptors (Lipinski definition) is 5. The van der Waals surface area contributed by atoms with Crippen molar-refractivity contribution in [3.63, 3.8) is 0 Å². The number of carbonyl (C=O) groups is 1. The van der Waals surface area contributed by atoms with Gasteiger partial charge in [0.05, 0.1) is 13.3 Å². The van der Waals surface area contributed by atoms with Crippen molar-refractivity contribution >= 4 is 22.9 Å². The van der Waals surface area contributed by atoms with Crippen LogP contribution in [0.1, 0.15) is 21.8 Å². The minimum Gasteiger partial charge on any atom is -0.496 e. The highest BCUT2D eigenvalue weighted by molar-refractivity contribution is 6.02. The topological polar surface area (TPSA) is 76.7 Å². The summed E-state index contributed by atoms with van der Waals surface area (Å²) in [4.78, 5) is 11.8. The number of nitrogens with zero attached hydrogens (tertiary/aromatic N) is 2. The lowest BCUT2D eigenvalue weighted by Gasteiger charge is -2.07. The third-order valence-corrected chi connectivity index (χ3v) is 3.37. The Bertz CT molecular complexity index is 884. The fourth-order valence-corrected chi connectivity index (χ4v) is 2.28. The van der Waals surface area contributed by atoms with E-state index in [2.05, 4.69) is 15.7 Å². The molecule has 0 fully saturated rings. The van der Waals surface area contributed by atoms with Gasteiger partial charge in [0.1, 0.15) is 11.5 Å². The van der Waals surface area contributed by atoms with Crippen LogP contribution in [0.5, 0.6) is 5.75 Å². The molecule has 116 valence electrons. The van der Waals surface area contributed by atoms with Crippen LogP contribution in [0.25, 0.3) is 10.8 Å². The van der Waals surface area contributed by atoms with Crippen molar-refractivity contribution in [2.75, 3.05) is 7.11 Å². The first-order chi connectivity index (χ1) is 11.2. The molecule has 0 saturated carbocycles. The van der Waals surface area contributed by atoms with E-state index in [0.29, 0.717) is 5.76 Å². The third-order valence-electron chi connectivity index (χ3n) is 3.37. The van der Waals surface area contributed by atoms with Gasteiger partial charge in [-0.15, -0.1) is 0 Å². The SMILES string of the molecule is COc1ccc(C=NNC(=O)c2cc(C)on2)c2ccccc12. The van der Waals surface area contributed by atoms with E-state index in [9.17, 15) is 4.79 Å². The highest BCUT2D eigenvalue weighted by atomic mass is 16.5. The third kappa shape index (κ3) is 3.06. The lowest BCUT2D eigenvalue weighted by atomic mass is 10.0. The van der Waals surface area contributed by atoms with Crippen molar-refractivity contribution in [2.45, 2.75) is 6.92 Å². The summed E-state index contributed by atoms with van der Waals surface area (Å²) in [6.45, 7) is 1.72. The standard InChI is InChI=1S/C17H15N3O3/c1-11-9-15(20-23-11)17(21)19-18-10-12-7-8-16(22-2)14-6-4-3-5-13(12)14/h3-10H,1-2H3,(H,19,21). The van der Waals surface area contributed by atoms with Crippen molar-refractivity contribution in [1.82, 2.24) is 10.6 Å². The Balaban J connectivity index is 1.83. The lowest BCUT2D eigenvalue weighted by Crippen LogP contribution is -2.17. The Labute approximate surface area is 132 Å². The lowest BCUT2D eigenvalue weighted by molar-refractivity contribution is 0.0946. The number of carbonyl (C=O) groups excluding carboxylic acids is 1. The molecule has 1 amide bonds. The van der Waals surface area contributed by atoms with Gasteiger partial charge in [0.2, 0.25) is 0 Å². The molecule has 2 aromatic carbocycles. The van der Waals surface area contributed by atoms with Crippen LogP contribution in [-0.2, 0) is 0 Å². The van der Waals surface area contributed by atoms with Crippen molar-refractivity contribution in [1.29, 1.82) is 0 Å². The molecule has 3 rings (SSSR count). The summed E-state index contributed by atoms with van der Waals surface area (Å²) in [5, 5.41) is 9.59. The van der Waals surface area contributed by atoms with E-state index in [0.717, 1.165) is 22.1 Å². The van der Waals surface area contributed by atoms with Crippen molar-refractivity contribution in [3.8, 4) is 5.75 Å². The molecule has 0 aliphatic carbocycles. The number of methoxy groups -OCH3 is 1. The van der Waals surface area contributed by atoms with Gasteiger partial charge >= 0.3 is 0 Å². The second kappa shape index (κ2) is 6.31. The van der Waals surface area contributed by atoms with Gasteiger partial charge in [0, 0.05) is 17.0 Å². The summed E-state index contributed by atoms with van der Waals surface area (Å²) in [7, 11) is 1.63. The summed E-state index contributed by atoms with van der Waals surface area (Å²) < 4.78 is 10.2. The smallest absolute Gasteiger partial charge is 0.293 e. The van der Waals surface area contributed by atoms with Crippen LogP contribution in [0, 0.1) is 6.92 Å². The van der Waals surface area contributed by atoms with E-state index >= 15 is 0 Å². The first kappa shape index (κ1) is 14.8. The van der Waals surface area contributed by atoms with E-state index in [-0.39, 0.29) is 5.69 Å². The Morgan fingerprint density at radius 1 is 1.26 bits per heavy atom. The van der Waals surface area contributed by atoms with Gasteiger partial charge in [0.15, 0.2) is 5.69 Å². The number of aromatic nitrogens is 1. The normalized spacial score (nSPS) is 11.0. The van der Waals surface area contributed by atoms with Gasteiger partial charge in [-0.3, -0.25) is 4.79 Å². The zero-order valence-corrected chi connectivity index (χ0v) is 12.7. The number of nitrogens with one attached hydrogen (secondary N) is 1. The molecule has 0 aliphatic heterocycles. The molecule has 0 radical (unpaired) electrons. The molecule has 6 nitrogen and oxygen atoms in total. The second-order valence-corrected chi connectivity index (χ2v) is 4.92. The second-order valence-electron chi connectivity index (χ2n) is 4.92. The maximum Gasteiger partial charge on any atom is 0.293 e. The molecule has 3 aromatic rings. The predicted molar refractivity (Wildman–Crippen MR) is 86.8 cm³/mol. The molecule has 0 spiro atoms. The molecule has 0 atom stereocenters. The number of hydrogen-bond donors (Lipinski definition) is 1. The summed E-state index contributed by atoms with van der Waals surface area (Å²) in [6.07, 6.45) is 1.59. The number of aryl methyl sites for hydroxylation is 1. The number of fused-ring (bicyclic) bond motifs is 1. The van der Waals surface area contributed by atoms with E-state index in [1.165, 1.54) is 0 Å². The zero-order chi connectivity index (χ0) is 16.2. The maximum atomic E-state index is 11.8. The Kier molecular flexibility index (Phi) is 4.05. The van der Waals surface area contributed by atoms with Crippen molar-refractivity contribution in [2.24, 2.45) is 5.10 Å². The number of benzene rings is 2. The van der Waals surface area contributed by atoms with Gasteiger partial charge in [0.25, 0.3) is 5.91 Å². The van der Waals surface area contributed by atoms with Gasteiger partial charge < -0.3 is 9.26 Å². The number of rotatable bonds is 4. The number of hydrazone groups is 1. The summed E-state index contributed by atoms with van der Waals surface area (Å²) >= 11 is 0. The maximum absolute atomic E-state index is 11.8. The summed E-state index contributed by atoms with van der Waals surface area (Å²) in [5.41, 5.74) is 3.50. The van der Waals surface area contributed by atoms with Crippen molar-refractivity contribution in [3.05, 3.63) is 59.5 Å². The monoisotopic (exact) mass is 309 g/mol. The first-order valence-electron chi connectivity index (χ1n) is 7.01. The van der Waals surface area contributed by atoms with Gasteiger partial charge in [-0.25, -0.2) is 5.43 Å². The molecular weight excluding hydrogens is 294 g/mol. The van der Waals surface area contributed by atoms with Crippen LogP contribution in [-0.4, -0.2) is 24.4 Å². The molecule has 0 unspecified atom stereocenters. The first-order valence-corrected chi connectivity index (χ1v) is 7.01. The summed E-state index contributed by atoms with van der Waals surface area (Å²) in [5.74, 6) is 0.941. The number of amides is 1. The predicted octanol–water partition coefficient (Wildman–Crippen LogP) is 2.91.